The molecule has 4 rings (SSSR count). The van der Waals surface area contributed by atoms with Gasteiger partial charge in [-0.15, -0.1) is 11.8 Å². The number of nitrogens with one attached hydrogen (secondary N) is 1. The Hall–Kier alpha value is -2.33. The minimum Gasteiger partial charge on any atom is -0.466 e. The standard InChI is InChI=1S/C20H18BNOS/c1-24-15-10-11-17-16-4-2-3-5-18(16)22-20(23-19(17)12-15)13-6-8-14(21)9-7-13/h2-12,20,22H,21H2,1H3. The number of fused-ring (bicyclic) bond motifs is 3. The van der Waals surface area contributed by atoms with E-state index in [1.807, 2.05) is 0 Å². The third-order valence-electron chi connectivity index (χ3n) is 4.32. The number of thioether (sulfide) groups is 1. The van der Waals surface area contributed by atoms with Gasteiger partial charge in [-0.05, 0) is 30.5 Å². The molecule has 0 fully saturated rings. The van der Waals surface area contributed by atoms with Crippen LogP contribution in [-0.4, -0.2) is 14.1 Å². The molecule has 24 heavy (non-hydrogen) atoms. The smallest absolute Gasteiger partial charge is 0.196 e. The number of rotatable bonds is 2. The number of anilines is 1. The molecule has 1 atom stereocenters. The molecule has 3 aromatic carbocycles. The number of benzene rings is 3. The van der Waals surface area contributed by atoms with Crippen LogP contribution >= 0.6 is 11.8 Å². The summed E-state index contributed by atoms with van der Waals surface area (Å²) in [5.41, 5.74) is 5.77. The molecule has 118 valence electrons. The number of ether oxygens (including phenoxy) is 1. The molecule has 0 aromatic heterocycles. The lowest BCUT2D eigenvalue weighted by Gasteiger charge is -2.20. The van der Waals surface area contributed by atoms with Crippen molar-refractivity contribution in [2.45, 2.75) is 11.1 Å². The van der Waals surface area contributed by atoms with E-state index in [1.54, 1.807) is 11.8 Å². The molecule has 1 unspecified atom stereocenters. The van der Waals surface area contributed by atoms with Gasteiger partial charge >= 0.3 is 0 Å². The molecule has 4 heteroatoms. The van der Waals surface area contributed by atoms with E-state index in [-0.39, 0.29) is 6.23 Å². The minimum atomic E-state index is -0.204. The van der Waals surface area contributed by atoms with E-state index in [0.29, 0.717) is 0 Å². The van der Waals surface area contributed by atoms with E-state index in [0.717, 1.165) is 22.6 Å². The van der Waals surface area contributed by atoms with E-state index in [1.165, 1.54) is 15.9 Å². The van der Waals surface area contributed by atoms with Crippen molar-refractivity contribution in [3.63, 3.8) is 0 Å². The van der Waals surface area contributed by atoms with Gasteiger partial charge in [0.1, 0.15) is 13.6 Å². The maximum absolute atomic E-state index is 6.38. The van der Waals surface area contributed by atoms with Crippen LogP contribution in [0.2, 0.25) is 0 Å². The van der Waals surface area contributed by atoms with Crippen molar-refractivity contribution in [2.24, 2.45) is 0 Å². The van der Waals surface area contributed by atoms with Gasteiger partial charge in [0.05, 0.1) is 0 Å². The summed E-state index contributed by atoms with van der Waals surface area (Å²) < 4.78 is 6.38. The topological polar surface area (TPSA) is 21.3 Å². The van der Waals surface area contributed by atoms with Crippen molar-refractivity contribution >= 4 is 30.8 Å². The van der Waals surface area contributed by atoms with Crippen LogP contribution in [0.25, 0.3) is 11.1 Å². The van der Waals surface area contributed by atoms with Crippen molar-refractivity contribution < 1.29 is 4.74 Å². The van der Waals surface area contributed by atoms with Gasteiger partial charge in [-0.1, -0.05) is 47.9 Å². The second-order valence-corrected chi connectivity index (χ2v) is 6.84. The Morgan fingerprint density at radius 3 is 2.54 bits per heavy atom. The van der Waals surface area contributed by atoms with Gasteiger partial charge in [-0.25, -0.2) is 0 Å². The third kappa shape index (κ3) is 2.78. The quantitative estimate of drug-likeness (QED) is 0.569. The predicted octanol–water partition coefficient (Wildman–Crippen LogP) is 3.84. The molecule has 0 spiro atoms. The van der Waals surface area contributed by atoms with E-state index in [2.05, 4.69) is 86.1 Å². The van der Waals surface area contributed by atoms with Gasteiger partial charge in [0.25, 0.3) is 0 Å². The summed E-state index contributed by atoms with van der Waals surface area (Å²) in [6.45, 7) is 0. The first-order valence-electron chi connectivity index (χ1n) is 8.02. The molecule has 2 nitrogen and oxygen atoms in total. The zero-order valence-corrected chi connectivity index (χ0v) is 14.6. The third-order valence-corrected chi connectivity index (χ3v) is 5.04. The second-order valence-electron chi connectivity index (χ2n) is 5.96. The van der Waals surface area contributed by atoms with Crippen LogP contribution in [0.15, 0.2) is 71.6 Å². The minimum absolute atomic E-state index is 0.204. The monoisotopic (exact) mass is 331 g/mol. The van der Waals surface area contributed by atoms with Crippen LogP contribution in [0.3, 0.4) is 0 Å². The fourth-order valence-corrected chi connectivity index (χ4v) is 3.41. The summed E-state index contributed by atoms with van der Waals surface area (Å²) in [5.74, 6) is 0.921. The fourth-order valence-electron chi connectivity index (χ4n) is 2.98. The summed E-state index contributed by atoms with van der Waals surface area (Å²) in [6, 6.07) is 23.3. The summed E-state index contributed by atoms with van der Waals surface area (Å²) in [6.07, 6.45) is 1.88. The van der Waals surface area contributed by atoms with Gasteiger partial charge in [0.15, 0.2) is 6.23 Å². The zero-order chi connectivity index (χ0) is 16.5. The molecule has 1 N–H and O–H groups in total. The molecule has 1 aliphatic rings. The molecule has 0 radical (unpaired) electrons. The Bertz CT molecular complexity index is 879. The van der Waals surface area contributed by atoms with Gasteiger partial charge in [-0.3, -0.25) is 0 Å². The fraction of sp³-hybridized carbons (Fsp3) is 0.100. The molecule has 0 saturated heterocycles. The number of hydrogen-bond acceptors (Lipinski definition) is 3. The van der Waals surface area contributed by atoms with Gasteiger partial charge in [0, 0.05) is 27.3 Å². The Balaban J connectivity index is 1.85. The highest BCUT2D eigenvalue weighted by molar-refractivity contribution is 7.98. The Labute approximate surface area is 147 Å². The van der Waals surface area contributed by atoms with Crippen LogP contribution in [0, 0.1) is 0 Å². The molecule has 1 aliphatic heterocycles. The summed E-state index contributed by atoms with van der Waals surface area (Å²) >= 11 is 1.73. The highest BCUT2D eigenvalue weighted by Crippen LogP contribution is 2.42. The first-order chi connectivity index (χ1) is 11.7. The van der Waals surface area contributed by atoms with E-state index in [4.69, 9.17) is 4.74 Å². The zero-order valence-electron chi connectivity index (χ0n) is 13.7. The largest absolute Gasteiger partial charge is 0.466 e. The molecule has 1 heterocycles. The number of para-hydroxylation sites is 1. The highest BCUT2D eigenvalue weighted by Gasteiger charge is 2.22. The van der Waals surface area contributed by atoms with Gasteiger partial charge in [0.2, 0.25) is 0 Å². The Morgan fingerprint density at radius 2 is 1.75 bits per heavy atom. The Kier molecular flexibility index (Phi) is 3.99. The van der Waals surface area contributed by atoms with Crippen molar-refractivity contribution in [3.05, 3.63) is 72.3 Å². The number of hydrogen-bond donors (Lipinski definition) is 1. The maximum atomic E-state index is 6.38. The lowest BCUT2D eigenvalue weighted by molar-refractivity contribution is 0.238. The first kappa shape index (κ1) is 15.2. The summed E-state index contributed by atoms with van der Waals surface area (Å²) in [5, 5.41) is 3.55. The molecule has 0 aliphatic carbocycles. The van der Waals surface area contributed by atoms with E-state index in [9.17, 15) is 0 Å². The molecule has 0 bridgehead atoms. The summed E-state index contributed by atoms with van der Waals surface area (Å²) in [7, 11) is 2.10. The van der Waals surface area contributed by atoms with E-state index >= 15 is 0 Å². The van der Waals surface area contributed by atoms with Crippen molar-refractivity contribution in [1.82, 2.24) is 0 Å². The van der Waals surface area contributed by atoms with Crippen molar-refractivity contribution in [3.8, 4) is 16.9 Å². The van der Waals surface area contributed by atoms with Crippen LogP contribution in [0.4, 0.5) is 5.69 Å². The van der Waals surface area contributed by atoms with Gasteiger partial charge in [-0.2, -0.15) is 0 Å². The van der Waals surface area contributed by atoms with Crippen LogP contribution in [0.1, 0.15) is 11.8 Å². The van der Waals surface area contributed by atoms with Crippen LogP contribution < -0.4 is 15.5 Å². The van der Waals surface area contributed by atoms with Crippen molar-refractivity contribution in [2.75, 3.05) is 11.6 Å². The van der Waals surface area contributed by atoms with Gasteiger partial charge < -0.3 is 10.1 Å². The summed E-state index contributed by atoms with van der Waals surface area (Å²) in [4.78, 5) is 1.20. The lowest BCUT2D eigenvalue weighted by atomic mass is 9.95. The van der Waals surface area contributed by atoms with E-state index < -0.39 is 0 Å². The highest BCUT2D eigenvalue weighted by atomic mass is 32.2. The molecule has 0 saturated carbocycles. The first-order valence-corrected chi connectivity index (χ1v) is 9.24. The molecular formula is C20H18BNOS. The lowest BCUT2D eigenvalue weighted by Crippen LogP contribution is -2.17. The normalized spacial score (nSPS) is 15.5. The van der Waals surface area contributed by atoms with Crippen LogP contribution in [0.5, 0.6) is 5.75 Å². The molecule has 3 aromatic rings. The van der Waals surface area contributed by atoms with Crippen LogP contribution in [-0.2, 0) is 0 Å². The predicted molar refractivity (Wildman–Crippen MR) is 105 cm³/mol. The Morgan fingerprint density at radius 1 is 0.958 bits per heavy atom. The maximum Gasteiger partial charge on any atom is 0.196 e. The van der Waals surface area contributed by atoms with Crippen molar-refractivity contribution in [1.29, 1.82) is 0 Å². The molecule has 0 amide bonds. The average molecular weight is 331 g/mol. The SMILES string of the molecule is Bc1ccc(C2Nc3ccccc3-c3ccc(SC)cc3O2)cc1. The average Bonchev–Trinajstić information content (AvgIpc) is 2.78. The second kappa shape index (κ2) is 6.29. The molecular weight excluding hydrogens is 313 g/mol.